The number of carbonyl (C=O) groups excluding carboxylic acids is 2. The predicted octanol–water partition coefficient (Wildman–Crippen LogP) is 6.53. The maximum absolute atomic E-state index is 13.5. The average Bonchev–Trinajstić information content (AvgIpc) is 3.17. The number of unbranched alkanes of at least 4 members (excludes halogenated alkanes) is 1. The molecule has 3 aromatic rings. The number of hydrogen-bond donors (Lipinski definition) is 1. The van der Waals surface area contributed by atoms with E-state index in [0.717, 1.165) is 42.4 Å². The third-order valence-electron chi connectivity index (χ3n) is 6.79. The maximum atomic E-state index is 13.5. The molecule has 0 aliphatic carbocycles. The zero-order valence-corrected chi connectivity index (χ0v) is 21.4. The lowest BCUT2D eigenvalue weighted by molar-refractivity contribution is -0.132. The minimum Gasteiger partial charge on any atom is -0.507 e. The Morgan fingerprint density at radius 1 is 0.944 bits per heavy atom. The third-order valence-corrected chi connectivity index (χ3v) is 6.79. The first-order valence-electron chi connectivity index (χ1n) is 12.5. The number of rotatable bonds is 8. The molecule has 5 heteroatoms. The number of aryl methyl sites for hydroxylation is 3. The highest BCUT2D eigenvalue weighted by molar-refractivity contribution is 6.51. The molecule has 0 aromatic heterocycles. The van der Waals surface area contributed by atoms with E-state index in [-0.39, 0.29) is 11.3 Å². The summed E-state index contributed by atoms with van der Waals surface area (Å²) in [6.45, 7) is 6.13. The van der Waals surface area contributed by atoms with Gasteiger partial charge in [0.05, 0.1) is 24.3 Å². The van der Waals surface area contributed by atoms with E-state index in [1.807, 2.05) is 61.5 Å². The molecular formula is C31H33NO4. The number of ketones is 1. The predicted molar refractivity (Wildman–Crippen MR) is 143 cm³/mol. The zero-order valence-electron chi connectivity index (χ0n) is 21.4. The Balaban J connectivity index is 1.89. The summed E-state index contributed by atoms with van der Waals surface area (Å²) in [5.74, 6) is -1.17. The summed E-state index contributed by atoms with van der Waals surface area (Å²) < 4.78 is 5.47. The molecule has 1 aliphatic heterocycles. The second kappa shape index (κ2) is 10.8. The third kappa shape index (κ3) is 4.78. The van der Waals surface area contributed by atoms with Crippen molar-refractivity contribution >= 4 is 23.1 Å². The second-order valence-corrected chi connectivity index (χ2v) is 9.24. The molecule has 1 aliphatic rings. The largest absolute Gasteiger partial charge is 0.507 e. The van der Waals surface area contributed by atoms with Crippen molar-refractivity contribution in [3.05, 3.63) is 100 Å². The monoisotopic (exact) mass is 483 g/mol. The standard InChI is InChI=1S/C31H33NO4/c1-5-7-8-22-12-16-24(17-13-22)32-28(23-14-10-21(6-2)11-15-23)27(30(34)31(32)35)29(33)25-19-20(3)9-18-26(25)36-4/h9-19,28,33H,5-8H2,1-4H3/b29-27+. The van der Waals surface area contributed by atoms with Crippen molar-refractivity contribution in [3.8, 4) is 5.75 Å². The van der Waals surface area contributed by atoms with E-state index in [2.05, 4.69) is 13.8 Å². The number of aliphatic hydroxyl groups excluding tert-OH is 1. The van der Waals surface area contributed by atoms with Gasteiger partial charge in [-0.05, 0) is 67.1 Å². The molecule has 186 valence electrons. The molecule has 1 unspecified atom stereocenters. The highest BCUT2D eigenvalue weighted by atomic mass is 16.5. The van der Waals surface area contributed by atoms with E-state index in [1.54, 1.807) is 12.1 Å². The van der Waals surface area contributed by atoms with Crippen molar-refractivity contribution in [2.24, 2.45) is 0 Å². The smallest absolute Gasteiger partial charge is 0.300 e. The number of carbonyl (C=O) groups is 2. The van der Waals surface area contributed by atoms with Crippen LogP contribution in [-0.2, 0) is 22.4 Å². The number of hydrogen-bond acceptors (Lipinski definition) is 4. The van der Waals surface area contributed by atoms with Gasteiger partial charge >= 0.3 is 0 Å². The number of aliphatic hydroxyl groups is 1. The van der Waals surface area contributed by atoms with Gasteiger partial charge in [-0.2, -0.15) is 0 Å². The van der Waals surface area contributed by atoms with Crippen molar-refractivity contribution < 1.29 is 19.4 Å². The first kappa shape index (κ1) is 25.2. The van der Waals surface area contributed by atoms with Crippen LogP contribution in [0.15, 0.2) is 72.3 Å². The number of methoxy groups -OCH3 is 1. The lowest BCUT2D eigenvalue weighted by atomic mass is 9.93. The minimum absolute atomic E-state index is 0.0585. The average molecular weight is 484 g/mol. The molecular weight excluding hydrogens is 450 g/mol. The first-order chi connectivity index (χ1) is 17.4. The lowest BCUT2D eigenvalue weighted by Gasteiger charge is -2.26. The minimum atomic E-state index is -0.761. The van der Waals surface area contributed by atoms with Crippen LogP contribution in [0.2, 0.25) is 0 Å². The number of ether oxygens (including phenoxy) is 1. The van der Waals surface area contributed by atoms with Crippen molar-refractivity contribution in [1.29, 1.82) is 0 Å². The number of amides is 1. The van der Waals surface area contributed by atoms with Crippen molar-refractivity contribution in [3.63, 3.8) is 0 Å². The molecule has 1 saturated heterocycles. The molecule has 1 N–H and O–H groups in total. The van der Waals surface area contributed by atoms with Crippen LogP contribution < -0.4 is 9.64 Å². The molecule has 0 spiro atoms. The van der Waals surface area contributed by atoms with Crippen LogP contribution in [0.4, 0.5) is 5.69 Å². The molecule has 1 amide bonds. The molecule has 5 nitrogen and oxygen atoms in total. The molecule has 36 heavy (non-hydrogen) atoms. The summed E-state index contributed by atoms with van der Waals surface area (Å²) in [6.07, 6.45) is 4.03. The van der Waals surface area contributed by atoms with Gasteiger partial charge in [0.25, 0.3) is 11.7 Å². The Hall–Kier alpha value is -3.86. The van der Waals surface area contributed by atoms with Gasteiger partial charge in [-0.3, -0.25) is 14.5 Å². The van der Waals surface area contributed by atoms with Crippen LogP contribution in [0.1, 0.15) is 60.5 Å². The van der Waals surface area contributed by atoms with Crippen molar-refractivity contribution in [2.75, 3.05) is 12.0 Å². The van der Waals surface area contributed by atoms with Gasteiger partial charge in [0.1, 0.15) is 11.5 Å². The SMILES string of the molecule is CCCCc1ccc(N2C(=O)C(=O)/C(=C(/O)c3cc(C)ccc3OC)C2c2ccc(CC)cc2)cc1. The number of Topliss-reactive ketones (excluding diaryl/α,β-unsaturated/α-hetero) is 1. The van der Waals surface area contributed by atoms with Crippen molar-refractivity contribution in [1.82, 2.24) is 0 Å². The molecule has 3 aromatic carbocycles. The van der Waals surface area contributed by atoms with Gasteiger partial charge in [0.15, 0.2) is 0 Å². The number of benzene rings is 3. The van der Waals surface area contributed by atoms with Crippen LogP contribution >= 0.6 is 0 Å². The maximum Gasteiger partial charge on any atom is 0.300 e. The van der Waals surface area contributed by atoms with Gasteiger partial charge in [0, 0.05) is 5.69 Å². The highest BCUT2D eigenvalue weighted by Gasteiger charge is 2.47. The lowest BCUT2D eigenvalue weighted by Crippen LogP contribution is -2.29. The van der Waals surface area contributed by atoms with Gasteiger partial charge in [-0.1, -0.05) is 68.3 Å². The Bertz CT molecular complexity index is 1290. The molecule has 0 radical (unpaired) electrons. The van der Waals surface area contributed by atoms with Gasteiger partial charge in [-0.15, -0.1) is 0 Å². The van der Waals surface area contributed by atoms with Crippen LogP contribution in [0.3, 0.4) is 0 Å². The van der Waals surface area contributed by atoms with E-state index in [1.165, 1.54) is 17.6 Å². The van der Waals surface area contributed by atoms with Gasteiger partial charge in [0.2, 0.25) is 0 Å². The van der Waals surface area contributed by atoms with Gasteiger partial charge in [-0.25, -0.2) is 0 Å². The van der Waals surface area contributed by atoms with Crippen LogP contribution in [0.5, 0.6) is 5.75 Å². The fourth-order valence-corrected chi connectivity index (χ4v) is 4.71. The molecule has 1 fully saturated rings. The highest BCUT2D eigenvalue weighted by Crippen LogP contribution is 2.43. The molecule has 4 rings (SSSR count). The Labute approximate surface area is 213 Å². The van der Waals surface area contributed by atoms with E-state index in [9.17, 15) is 14.7 Å². The summed E-state index contributed by atoms with van der Waals surface area (Å²) in [6, 6.07) is 20.3. The van der Waals surface area contributed by atoms with Crippen LogP contribution in [-0.4, -0.2) is 23.9 Å². The fourth-order valence-electron chi connectivity index (χ4n) is 4.71. The van der Waals surface area contributed by atoms with Crippen molar-refractivity contribution in [2.45, 2.75) is 52.5 Å². The van der Waals surface area contributed by atoms with Crippen LogP contribution in [0, 0.1) is 6.92 Å². The Morgan fingerprint density at radius 2 is 1.61 bits per heavy atom. The molecule has 1 heterocycles. The molecule has 0 saturated carbocycles. The summed E-state index contributed by atoms with van der Waals surface area (Å²) >= 11 is 0. The van der Waals surface area contributed by atoms with E-state index >= 15 is 0 Å². The number of anilines is 1. The summed E-state index contributed by atoms with van der Waals surface area (Å²) in [4.78, 5) is 28.4. The molecule has 0 bridgehead atoms. The fraction of sp³-hybridized carbons (Fsp3) is 0.290. The normalized spacial score (nSPS) is 17.0. The summed E-state index contributed by atoms with van der Waals surface area (Å²) in [7, 11) is 1.51. The van der Waals surface area contributed by atoms with E-state index in [4.69, 9.17) is 4.74 Å². The van der Waals surface area contributed by atoms with E-state index < -0.39 is 17.7 Å². The topological polar surface area (TPSA) is 66.8 Å². The molecule has 1 atom stereocenters. The first-order valence-corrected chi connectivity index (χ1v) is 12.5. The Morgan fingerprint density at radius 3 is 2.22 bits per heavy atom. The summed E-state index contributed by atoms with van der Waals surface area (Å²) in [5, 5.41) is 11.5. The Kier molecular flexibility index (Phi) is 7.58. The zero-order chi connectivity index (χ0) is 25.8. The van der Waals surface area contributed by atoms with E-state index in [0.29, 0.717) is 17.0 Å². The summed E-state index contributed by atoms with van der Waals surface area (Å²) in [5.41, 5.74) is 5.07. The van der Waals surface area contributed by atoms with Crippen LogP contribution in [0.25, 0.3) is 5.76 Å². The second-order valence-electron chi connectivity index (χ2n) is 9.24. The van der Waals surface area contributed by atoms with Gasteiger partial charge < -0.3 is 9.84 Å². The number of nitrogens with zero attached hydrogens (tertiary/aromatic N) is 1. The quantitative estimate of drug-likeness (QED) is 0.225.